The average Bonchev–Trinajstić information content (AvgIpc) is 3.06. The minimum atomic E-state index is -0.299. The Bertz CT molecular complexity index is 501. The lowest BCUT2D eigenvalue weighted by atomic mass is 9.88. The number of hydrogen-bond acceptors (Lipinski definition) is 4. The normalized spacial score (nSPS) is 25.8. The summed E-state index contributed by atoms with van der Waals surface area (Å²) in [6, 6.07) is 4.68. The minimum absolute atomic E-state index is 0.107. The molecule has 3 atom stereocenters. The molecule has 0 aliphatic carbocycles. The molecule has 3 unspecified atom stereocenters. The fraction of sp³-hybridized carbons (Fsp3) is 0.688. The molecule has 1 fully saturated rings. The second-order valence-corrected chi connectivity index (χ2v) is 7.65. The number of nitrogens with two attached hydrogens (primary N) is 1. The Balaban J connectivity index is 2.22. The van der Waals surface area contributed by atoms with Crippen LogP contribution in [0, 0.1) is 12.3 Å². The average molecular weight is 309 g/mol. The number of aryl methyl sites for hydroxylation is 1. The molecule has 5 heteroatoms. The summed E-state index contributed by atoms with van der Waals surface area (Å²) in [5.41, 5.74) is 6.10. The smallest absolute Gasteiger partial charge is 0.227 e. The van der Waals surface area contributed by atoms with Gasteiger partial charge in [-0.05, 0) is 45.4 Å². The van der Waals surface area contributed by atoms with Crippen molar-refractivity contribution < 1.29 is 4.79 Å². The van der Waals surface area contributed by atoms with E-state index in [9.17, 15) is 4.79 Å². The second-order valence-electron chi connectivity index (χ2n) is 6.33. The molecule has 0 aromatic carbocycles. The van der Waals surface area contributed by atoms with Crippen LogP contribution in [-0.4, -0.2) is 37.0 Å². The van der Waals surface area contributed by atoms with Crippen molar-refractivity contribution in [3.8, 4) is 0 Å². The summed E-state index contributed by atoms with van der Waals surface area (Å²) in [5.74, 6) is 0.135. The van der Waals surface area contributed by atoms with Crippen LogP contribution >= 0.6 is 11.3 Å². The summed E-state index contributed by atoms with van der Waals surface area (Å²) in [7, 11) is 1.72. The molecule has 0 radical (unpaired) electrons. The zero-order chi connectivity index (χ0) is 15.6. The highest BCUT2D eigenvalue weighted by molar-refractivity contribution is 7.12. The minimum Gasteiger partial charge on any atom is -0.359 e. The Hall–Kier alpha value is -0.910. The van der Waals surface area contributed by atoms with Gasteiger partial charge in [-0.3, -0.25) is 9.69 Å². The van der Waals surface area contributed by atoms with Crippen LogP contribution in [-0.2, 0) is 4.79 Å². The van der Waals surface area contributed by atoms with E-state index in [1.54, 1.807) is 7.05 Å². The number of hydrogen-bond donors (Lipinski definition) is 2. The molecule has 0 spiro atoms. The highest BCUT2D eigenvalue weighted by atomic mass is 32.1. The molecule has 2 rings (SSSR count). The largest absolute Gasteiger partial charge is 0.359 e. The Morgan fingerprint density at radius 3 is 2.81 bits per heavy atom. The van der Waals surface area contributed by atoms with Gasteiger partial charge in [0.1, 0.15) is 0 Å². The van der Waals surface area contributed by atoms with Gasteiger partial charge < -0.3 is 11.1 Å². The second kappa shape index (κ2) is 6.46. The fourth-order valence-corrected chi connectivity index (χ4v) is 4.31. The van der Waals surface area contributed by atoms with Crippen LogP contribution in [0.5, 0.6) is 0 Å². The quantitative estimate of drug-likeness (QED) is 0.877. The van der Waals surface area contributed by atoms with Crippen molar-refractivity contribution in [2.45, 2.75) is 45.7 Å². The van der Waals surface area contributed by atoms with E-state index in [2.05, 4.69) is 43.1 Å². The molecule has 118 valence electrons. The van der Waals surface area contributed by atoms with Crippen LogP contribution in [0.15, 0.2) is 12.1 Å². The molecule has 1 aliphatic heterocycles. The van der Waals surface area contributed by atoms with Crippen molar-refractivity contribution in [3.05, 3.63) is 21.9 Å². The predicted molar refractivity (Wildman–Crippen MR) is 88.4 cm³/mol. The maximum Gasteiger partial charge on any atom is 0.227 e. The molecule has 21 heavy (non-hydrogen) atoms. The molecular weight excluding hydrogens is 282 g/mol. The zero-order valence-corrected chi connectivity index (χ0v) is 14.3. The first-order valence-electron chi connectivity index (χ1n) is 7.69. The van der Waals surface area contributed by atoms with Crippen molar-refractivity contribution in [1.82, 2.24) is 10.2 Å². The lowest BCUT2D eigenvalue weighted by Crippen LogP contribution is -2.43. The Kier molecular flexibility index (Phi) is 5.07. The van der Waals surface area contributed by atoms with Crippen molar-refractivity contribution in [2.24, 2.45) is 11.1 Å². The fourth-order valence-electron chi connectivity index (χ4n) is 3.22. The van der Waals surface area contributed by atoms with E-state index >= 15 is 0 Å². The van der Waals surface area contributed by atoms with Crippen LogP contribution in [0.1, 0.15) is 42.5 Å². The van der Waals surface area contributed by atoms with Crippen LogP contribution in [0.2, 0.25) is 0 Å². The number of rotatable bonds is 5. The number of carbonyl (C=O) groups is 1. The van der Waals surface area contributed by atoms with Crippen molar-refractivity contribution in [3.63, 3.8) is 0 Å². The summed E-state index contributed by atoms with van der Waals surface area (Å²) in [6.07, 6.45) is 1.83. The zero-order valence-electron chi connectivity index (χ0n) is 13.5. The molecule has 4 nitrogen and oxygen atoms in total. The summed E-state index contributed by atoms with van der Waals surface area (Å²) in [5, 5.41) is 2.80. The van der Waals surface area contributed by atoms with Gasteiger partial charge in [-0.2, -0.15) is 0 Å². The summed E-state index contributed by atoms with van der Waals surface area (Å²) in [4.78, 5) is 17.1. The number of nitrogens with zero attached hydrogens (tertiary/aromatic N) is 1. The van der Waals surface area contributed by atoms with Gasteiger partial charge >= 0.3 is 0 Å². The monoisotopic (exact) mass is 309 g/mol. The number of carbonyl (C=O) groups excluding carboxylic acids is 1. The first kappa shape index (κ1) is 16.5. The van der Waals surface area contributed by atoms with Gasteiger partial charge in [0.15, 0.2) is 0 Å². The van der Waals surface area contributed by atoms with E-state index in [4.69, 9.17) is 5.73 Å². The topological polar surface area (TPSA) is 58.4 Å². The molecule has 1 aromatic rings. The maximum absolute atomic E-state index is 12.1. The molecule has 1 aromatic heterocycles. The number of amides is 1. The molecule has 1 aliphatic rings. The highest BCUT2D eigenvalue weighted by Gasteiger charge is 2.43. The molecular formula is C16H27N3OS. The third-order valence-electron chi connectivity index (χ3n) is 4.60. The first-order chi connectivity index (χ1) is 9.91. The van der Waals surface area contributed by atoms with Crippen molar-refractivity contribution in [2.75, 3.05) is 20.1 Å². The van der Waals surface area contributed by atoms with E-state index in [1.165, 1.54) is 9.75 Å². The summed E-state index contributed by atoms with van der Waals surface area (Å²) >= 11 is 1.82. The number of likely N-dealkylation sites (tertiary alicyclic amines) is 1. The molecule has 1 amide bonds. The van der Waals surface area contributed by atoms with Gasteiger partial charge in [0.2, 0.25) is 5.91 Å². The lowest BCUT2D eigenvalue weighted by Gasteiger charge is -2.32. The highest BCUT2D eigenvalue weighted by Crippen LogP contribution is 2.39. The molecule has 0 saturated carbocycles. The SMILES string of the molecule is CCC(N)C(c1ccc(C)s1)N1CCC(C)(C(=O)NC)C1. The standard InChI is InChI=1S/C16H27N3OS/c1-5-12(17)14(13-7-6-11(2)21-13)19-9-8-16(3,10-19)15(20)18-4/h6-7,12,14H,5,8-10,17H2,1-4H3,(H,18,20). The van der Waals surface area contributed by atoms with E-state index < -0.39 is 0 Å². The van der Waals surface area contributed by atoms with E-state index in [1.807, 2.05) is 11.3 Å². The van der Waals surface area contributed by atoms with Gasteiger partial charge in [-0.25, -0.2) is 0 Å². The van der Waals surface area contributed by atoms with Crippen LogP contribution < -0.4 is 11.1 Å². The molecule has 2 heterocycles. The third-order valence-corrected chi connectivity index (χ3v) is 5.67. The Labute approximate surface area is 131 Å². The van der Waals surface area contributed by atoms with Gasteiger partial charge in [0.25, 0.3) is 0 Å². The van der Waals surface area contributed by atoms with Crippen LogP contribution in [0.4, 0.5) is 0 Å². The first-order valence-corrected chi connectivity index (χ1v) is 8.51. The van der Waals surface area contributed by atoms with Crippen LogP contribution in [0.25, 0.3) is 0 Å². The van der Waals surface area contributed by atoms with Crippen LogP contribution in [0.3, 0.4) is 0 Å². The summed E-state index contributed by atoms with van der Waals surface area (Å²) < 4.78 is 0. The van der Waals surface area contributed by atoms with E-state index in [-0.39, 0.29) is 23.4 Å². The maximum atomic E-state index is 12.1. The van der Waals surface area contributed by atoms with Gasteiger partial charge in [0.05, 0.1) is 11.5 Å². The third kappa shape index (κ3) is 3.30. The predicted octanol–water partition coefficient (Wildman–Crippen LogP) is 2.29. The van der Waals surface area contributed by atoms with Crippen molar-refractivity contribution in [1.29, 1.82) is 0 Å². The number of thiophene rings is 1. The molecule has 3 N–H and O–H groups in total. The van der Waals surface area contributed by atoms with Gasteiger partial charge in [0, 0.05) is 29.4 Å². The molecule has 1 saturated heterocycles. The van der Waals surface area contributed by atoms with Crippen molar-refractivity contribution >= 4 is 17.2 Å². The van der Waals surface area contributed by atoms with Gasteiger partial charge in [-0.15, -0.1) is 11.3 Å². The Morgan fingerprint density at radius 1 is 1.57 bits per heavy atom. The lowest BCUT2D eigenvalue weighted by molar-refractivity contribution is -0.129. The number of nitrogens with one attached hydrogen (secondary N) is 1. The van der Waals surface area contributed by atoms with E-state index in [0.717, 1.165) is 25.9 Å². The van der Waals surface area contributed by atoms with E-state index in [0.29, 0.717) is 0 Å². The molecule has 0 bridgehead atoms. The Morgan fingerprint density at radius 2 is 2.29 bits per heavy atom. The van der Waals surface area contributed by atoms with Gasteiger partial charge in [-0.1, -0.05) is 6.92 Å². The summed E-state index contributed by atoms with van der Waals surface area (Å²) in [6.45, 7) is 8.02.